The lowest BCUT2D eigenvalue weighted by atomic mass is 10.0. The highest BCUT2D eigenvalue weighted by atomic mass is 19.3. The third-order valence-corrected chi connectivity index (χ3v) is 4.18. The fourth-order valence-electron chi connectivity index (χ4n) is 2.90. The van der Waals surface area contributed by atoms with Crippen molar-refractivity contribution in [3.05, 3.63) is 29.0 Å². The van der Waals surface area contributed by atoms with E-state index in [1.165, 1.54) is 6.92 Å². The number of rotatable bonds is 2. The fourth-order valence-corrected chi connectivity index (χ4v) is 2.90. The van der Waals surface area contributed by atoms with Gasteiger partial charge in [-0.15, -0.1) is 0 Å². The van der Waals surface area contributed by atoms with Crippen LogP contribution in [0.2, 0.25) is 0 Å². The number of aromatic nitrogens is 2. The van der Waals surface area contributed by atoms with E-state index in [4.69, 9.17) is 0 Å². The average Bonchev–Trinajstić information content (AvgIpc) is 2.52. The van der Waals surface area contributed by atoms with Crippen LogP contribution in [-0.2, 0) is 0 Å². The van der Waals surface area contributed by atoms with Crippen molar-refractivity contribution >= 4 is 22.6 Å². The van der Waals surface area contributed by atoms with Crippen molar-refractivity contribution < 1.29 is 13.6 Å². The summed E-state index contributed by atoms with van der Waals surface area (Å²) in [4.78, 5) is 22.3. The Morgan fingerprint density at radius 1 is 1.29 bits per heavy atom. The van der Waals surface area contributed by atoms with Gasteiger partial charge in [0.25, 0.3) is 5.92 Å². The van der Waals surface area contributed by atoms with Crippen molar-refractivity contribution in [2.45, 2.75) is 32.6 Å². The van der Waals surface area contributed by atoms with Crippen LogP contribution in [0.25, 0.3) is 11.0 Å². The molecule has 0 N–H and O–H groups in total. The Labute approximate surface area is 137 Å². The number of fused-ring (bicyclic) bond motifs is 1. The molecular formula is C17H16F2N4O. The summed E-state index contributed by atoms with van der Waals surface area (Å²) >= 11 is 0. The number of alkyl halides is 2. The van der Waals surface area contributed by atoms with Gasteiger partial charge in [0.1, 0.15) is 11.6 Å². The quantitative estimate of drug-likeness (QED) is 0.791. The van der Waals surface area contributed by atoms with Crippen LogP contribution in [0.1, 0.15) is 41.4 Å². The molecule has 0 amide bonds. The molecule has 0 spiro atoms. The molecular weight excluding hydrogens is 314 g/mol. The van der Waals surface area contributed by atoms with E-state index in [1.54, 1.807) is 17.0 Å². The first-order valence-electron chi connectivity index (χ1n) is 7.67. The number of hydrogen-bond acceptors (Lipinski definition) is 5. The van der Waals surface area contributed by atoms with Crippen LogP contribution in [0, 0.1) is 18.3 Å². The van der Waals surface area contributed by atoms with E-state index in [1.807, 2.05) is 13.0 Å². The molecule has 5 nitrogen and oxygen atoms in total. The Kier molecular flexibility index (Phi) is 3.91. The van der Waals surface area contributed by atoms with Gasteiger partial charge in [0.05, 0.1) is 5.52 Å². The number of benzene rings is 1. The summed E-state index contributed by atoms with van der Waals surface area (Å²) in [6, 6.07) is 5.46. The van der Waals surface area contributed by atoms with Crippen LogP contribution >= 0.6 is 0 Å². The summed E-state index contributed by atoms with van der Waals surface area (Å²) in [6.07, 6.45) is -0.573. The third kappa shape index (κ3) is 2.92. The fraction of sp³-hybridized carbons (Fsp3) is 0.412. The highest BCUT2D eigenvalue weighted by Crippen LogP contribution is 2.32. The van der Waals surface area contributed by atoms with Crippen molar-refractivity contribution in [2.24, 2.45) is 0 Å². The topological polar surface area (TPSA) is 69.9 Å². The molecule has 1 fully saturated rings. The van der Waals surface area contributed by atoms with Crippen LogP contribution in [-0.4, -0.2) is 34.8 Å². The van der Waals surface area contributed by atoms with E-state index in [2.05, 4.69) is 9.97 Å². The number of nitriles is 1. The number of hydrogen-bond donors (Lipinski definition) is 0. The van der Waals surface area contributed by atoms with Gasteiger partial charge in [0.2, 0.25) is 0 Å². The highest BCUT2D eigenvalue weighted by molar-refractivity contribution is 6.05. The molecule has 3 rings (SSSR count). The lowest BCUT2D eigenvalue weighted by molar-refractivity contribution is -0.0221. The first kappa shape index (κ1) is 16.2. The zero-order valence-corrected chi connectivity index (χ0v) is 13.4. The van der Waals surface area contributed by atoms with E-state index < -0.39 is 5.92 Å². The van der Waals surface area contributed by atoms with E-state index in [0.717, 1.165) is 5.56 Å². The van der Waals surface area contributed by atoms with Crippen molar-refractivity contribution in [1.29, 1.82) is 5.26 Å². The SMILES string of the molecule is CC(=O)c1cc(C)cc2nc(C#N)c(N3CCC(F)(F)CC3)nc12. The largest absolute Gasteiger partial charge is 0.354 e. The zero-order valence-electron chi connectivity index (χ0n) is 13.4. The van der Waals surface area contributed by atoms with Gasteiger partial charge < -0.3 is 4.90 Å². The summed E-state index contributed by atoms with van der Waals surface area (Å²) in [6.45, 7) is 3.47. The van der Waals surface area contributed by atoms with Crippen molar-refractivity contribution in [3.63, 3.8) is 0 Å². The van der Waals surface area contributed by atoms with Crippen molar-refractivity contribution in [3.8, 4) is 6.07 Å². The number of nitrogens with zero attached hydrogens (tertiary/aromatic N) is 4. The minimum absolute atomic E-state index is 0.0906. The first-order chi connectivity index (χ1) is 11.3. The minimum Gasteiger partial charge on any atom is -0.354 e. The molecule has 1 aliphatic heterocycles. The van der Waals surface area contributed by atoms with Gasteiger partial charge in [-0.1, -0.05) is 0 Å². The molecule has 1 aromatic heterocycles. The second kappa shape index (κ2) is 5.78. The maximum absolute atomic E-state index is 13.4. The molecule has 0 aliphatic carbocycles. The van der Waals surface area contributed by atoms with Gasteiger partial charge >= 0.3 is 0 Å². The Hall–Kier alpha value is -2.62. The maximum atomic E-state index is 13.4. The monoisotopic (exact) mass is 330 g/mol. The molecule has 1 aromatic carbocycles. The Morgan fingerprint density at radius 2 is 1.96 bits per heavy atom. The summed E-state index contributed by atoms with van der Waals surface area (Å²) in [5.74, 6) is -2.57. The van der Waals surface area contributed by atoms with E-state index in [-0.39, 0.29) is 43.2 Å². The van der Waals surface area contributed by atoms with E-state index >= 15 is 0 Å². The number of anilines is 1. The smallest absolute Gasteiger partial charge is 0.251 e. The Morgan fingerprint density at radius 3 is 2.54 bits per heavy atom. The lowest BCUT2D eigenvalue weighted by Gasteiger charge is -2.32. The van der Waals surface area contributed by atoms with Crippen molar-refractivity contribution in [2.75, 3.05) is 18.0 Å². The number of ketones is 1. The van der Waals surface area contributed by atoms with Crippen LogP contribution < -0.4 is 4.90 Å². The predicted octanol–water partition coefficient (Wildman–Crippen LogP) is 3.25. The molecule has 1 aliphatic rings. The van der Waals surface area contributed by atoms with Gasteiger partial charge in [0, 0.05) is 31.5 Å². The molecule has 0 bridgehead atoms. The molecule has 0 radical (unpaired) electrons. The zero-order chi connectivity index (χ0) is 17.5. The maximum Gasteiger partial charge on any atom is 0.251 e. The number of carbonyl (C=O) groups excluding carboxylic acids is 1. The Bertz CT molecular complexity index is 863. The van der Waals surface area contributed by atoms with Gasteiger partial charge in [0.15, 0.2) is 17.3 Å². The normalized spacial score (nSPS) is 16.9. The summed E-state index contributed by atoms with van der Waals surface area (Å²) < 4.78 is 26.7. The Balaban J connectivity index is 2.14. The van der Waals surface area contributed by atoms with Gasteiger partial charge in [-0.25, -0.2) is 18.7 Å². The van der Waals surface area contributed by atoms with Crippen LogP contribution in [0.4, 0.5) is 14.6 Å². The molecule has 7 heteroatoms. The summed E-state index contributed by atoms with van der Waals surface area (Å²) in [7, 11) is 0. The molecule has 124 valence electrons. The molecule has 24 heavy (non-hydrogen) atoms. The second-order valence-corrected chi connectivity index (χ2v) is 6.09. The predicted molar refractivity (Wildman–Crippen MR) is 85.4 cm³/mol. The number of halogens is 2. The average molecular weight is 330 g/mol. The van der Waals surface area contributed by atoms with Crippen LogP contribution in [0.15, 0.2) is 12.1 Å². The van der Waals surface area contributed by atoms with Gasteiger partial charge in [-0.3, -0.25) is 4.79 Å². The molecule has 0 saturated carbocycles. The molecule has 2 aromatic rings. The van der Waals surface area contributed by atoms with Crippen LogP contribution in [0.3, 0.4) is 0 Å². The number of piperidine rings is 1. The third-order valence-electron chi connectivity index (χ3n) is 4.18. The second-order valence-electron chi connectivity index (χ2n) is 6.09. The number of aryl methyl sites for hydroxylation is 1. The molecule has 2 heterocycles. The molecule has 1 saturated heterocycles. The standard InChI is InChI=1S/C17H16F2N4O/c1-10-7-12(11(2)24)15-13(8-10)21-14(9-20)16(22-15)23-5-3-17(18,19)4-6-23/h7-8H,3-6H2,1-2H3. The minimum atomic E-state index is -2.69. The number of carbonyl (C=O) groups is 1. The molecule has 0 atom stereocenters. The van der Waals surface area contributed by atoms with Gasteiger partial charge in [-0.05, 0) is 31.5 Å². The van der Waals surface area contributed by atoms with Crippen LogP contribution in [0.5, 0.6) is 0 Å². The van der Waals surface area contributed by atoms with Crippen molar-refractivity contribution in [1.82, 2.24) is 9.97 Å². The summed E-state index contributed by atoms with van der Waals surface area (Å²) in [5.41, 5.74) is 2.22. The first-order valence-corrected chi connectivity index (χ1v) is 7.67. The van der Waals surface area contributed by atoms with Gasteiger partial charge in [-0.2, -0.15) is 5.26 Å². The summed E-state index contributed by atoms with van der Waals surface area (Å²) in [5, 5.41) is 9.36. The number of Topliss-reactive ketones (excluding diaryl/α,β-unsaturated/α-hetero) is 1. The molecule has 0 unspecified atom stereocenters. The highest BCUT2D eigenvalue weighted by Gasteiger charge is 2.35. The van der Waals surface area contributed by atoms with E-state index in [0.29, 0.717) is 16.6 Å². The van der Waals surface area contributed by atoms with E-state index in [9.17, 15) is 18.8 Å². The lowest BCUT2D eigenvalue weighted by Crippen LogP contribution is -2.40.